The van der Waals surface area contributed by atoms with Crippen LogP contribution in [0.2, 0.25) is 0 Å². The molecule has 0 amide bonds. The summed E-state index contributed by atoms with van der Waals surface area (Å²) >= 11 is 0. The monoisotopic (exact) mass is 275 g/mol. The fraction of sp³-hybridized carbons (Fsp3) is 0.294. The lowest BCUT2D eigenvalue weighted by Gasteiger charge is -2.17. The molecule has 2 rings (SSSR count). The molecule has 3 heteroatoms. The van der Waals surface area contributed by atoms with Gasteiger partial charge in [0.2, 0.25) is 0 Å². The molecule has 0 radical (unpaired) electrons. The van der Waals surface area contributed by atoms with Gasteiger partial charge in [0.1, 0.15) is 0 Å². The number of benzene rings is 2. The Balaban J connectivity index is 2.02. The Bertz CT molecular complexity index is 526. The van der Waals surface area contributed by atoms with E-state index in [0.29, 0.717) is 6.54 Å². The Labute approximate surface area is 118 Å². The average Bonchev–Trinajstić information content (AvgIpc) is 2.49. The van der Waals surface area contributed by atoms with Gasteiger partial charge in [-0.2, -0.15) is 0 Å². The number of rotatable bonds is 6. The highest BCUT2D eigenvalue weighted by molar-refractivity contribution is 5.25. The van der Waals surface area contributed by atoms with Crippen LogP contribution in [-0.2, 0) is 6.54 Å². The third-order valence-corrected chi connectivity index (χ3v) is 3.37. The summed E-state index contributed by atoms with van der Waals surface area (Å²) in [5.74, 6) is 0. The molecule has 0 fully saturated rings. The summed E-state index contributed by atoms with van der Waals surface area (Å²) in [7, 11) is 0. The van der Waals surface area contributed by atoms with E-state index in [0.717, 1.165) is 12.0 Å². The summed E-state index contributed by atoms with van der Waals surface area (Å²) in [6.07, 6.45) is -1.45. The number of nitrogens with one attached hydrogen (secondary N) is 1. The van der Waals surface area contributed by atoms with E-state index in [-0.39, 0.29) is 11.6 Å². The van der Waals surface area contributed by atoms with E-state index in [4.69, 9.17) is 0 Å². The predicted molar refractivity (Wildman–Crippen MR) is 77.7 cm³/mol. The second-order valence-corrected chi connectivity index (χ2v) is 4.80. The van der Waals surface area contributed by atoms with Crippen molar-refractivity contribution in [2.75, 3.05) is 0 Å². The third kappa shape index (κ3) is 3.87. The van der Waals surface area contributed by atoms with E-state index in [1.54, 1.807) is 12.1 Å². The molecule has 0 spiro atoms. The van der Waals surface area contributed by atoms with Crippen LogP contribution in [0.1, 0.15) is 42.5 Å². The van der Waals surface area contributed by atoms with Crippen LogP contribution in [0.15, 0.2) is 54.6 Å². The van der Waals surface area contributed by atoms with Gasteiger partial charge in [-0.1, -0.05) is 55.5 Å². The SMILES string of the molecule is CCC(NCc1cccc(C(F)F)c1)c1ccccc1. The molecular weight excluding hydrogens is 256 g/mol. The first kappa shape index (κ1) is 14.7. The average molecular weight is 275 g/mol. The van der Waals surface area contributed by atoms with Gasteiger partial charge in [-0.3, -0.25) is 0 Å². The van der Waals surface area contributed by atoms with Crippen LogP contribution in [0.5, 0.6) is 0 Å². The second kappa shape index (κ2) is 7.15. The Hall–Kier alpha value is -1.74. The van der Waals surface area contributed by atoms with Gasteiger partial charge in [0.15, 0.2) is 0 Å². The van der Waals surface area contributed by atoms with Crippen molar-refractivity contribution in [2.45, 2.75) is 32.4 Å². The van der Waals surface area contributed by atoms with Gasteiger partial charge in [0.25, 0.3) is 6.43 Å². The maximum absolute atomic E-state index is 12.7. The Morgan fingerprint density at radius 3 is 2.30 bits per heavy atom. The van der Waals surface area contributed by atoms with Gasteiger partial charge in [-0.25, -0.2) is 8.78 Å². The predicted octanol–water partition coefficient (Wildman–Crippen LogP) is 4.87. The first-order valence-electron chi connectivity index (χ1n) is 6.86. The highest BCUT2D eigenvalue weighted by atomic mass is 19.3. The van der Waals surface area contributed by atoms with Crippen LogP contribution in [0, 0.1) is 0 Å². The summed E-state index contributed by atoms with van der Waals surface area (Å²) in [5.41, 5.74) is 2.19. The van der Waals surface area contributed by atoms with E-state index in [1.165, 1.54) is 11.6 Å². The van der Waals surface area contributed by atoms with Crippen LogP contribution >= 0.6 is 0 Å². The van der Waals surface area contributed by atoms with Crippen LogP contribution in [-0.4, -0.2) is 0 Å². The van der Waals surface area contributed by atoms with Crippen LogP contribution in [0.4, 0.5) is 8.78 Å². The molecule has 0 aromatic heterocycles. The maximum Gasteiger partial charge on any atom is 0.263 e. The zero-order valence-electron chi connectivity index (χ0n) is 11.5. The molecule has 0 saturated heterocycles. The first-order chi connectivity index (χ1) is 9.70. The quantitative estimate of drug-likeness (QED) is 0.793. The van der Waals surface area contributed by atoms with Crippen molar-refractivity contribution in [3.63, 3.8) is 0 Å². The minimum atomic E-state index is -2.41. The molecule has 1 atom stereocenters. The molecule has 0 aliphatic carbocycles. The lowest BCUT2D eigenvalue weighted by atomic mass is 10.0. The Kier molecular flexibility index (Phi) is 5.24. The van der Waals surface area contributed by atoms with Crippen molar-refractivity contribution in [2.24, 2.45) is 0 Å². The number of alkyl halides is 2. The molecule has 1 unspecified atom stereocenters. The van der Waals surface area contributed by atoms with Crippen molar-refractivity contribution in [3.8, 4) is 0 Å². The molecule has 0 aliphatic rings. The molecular formula is C17H19F2N. The van der Waals surface area contributed by atoms with Gasteiger partial charge >= 0.3 is 0 Å². The van der Waals surface area contributed by atoms with Gasteiger partial charge in [0, 0.05) is 18.2 Å². The van der Waals surface area contributed by atoms with Gasteiger partial charge in [0.05, 0.1) is 0 Å². The molecule has 0 bridgehead atoms. The molecule has 0 heterocycles. The zero-order valence-corrected chi connectivity index (χ0v) is 11.5. The highest BCUT2D eigenvalue weighted by Crippen LogP contribution is 2.21. The van der Waals surface area contributed by atoms with E-state index in [1.807, 2.05) is 24.3 Å². The molecule has 2 aromatic carbocycles. The fourth-order valence-corrected chi connectivity index (χ4v) is 2.26. The van der Waals surface area contributed by atoms with Gasteiger partial charge in [-0.05, 0) is 23.6 Å². The van der Waals surface area contributed by atoms with E-state index in [9.17, 15) is 8.78 Å². The number of hydrogen-bond donors (Lipinski definition) is 1. The summed E-state index contributed by atoms with van der Waals surface area (Å²) < 4.78 is 25.3. The summed E-state index contributed by atoms with van der Waals surface area (Å²) in [5, 5.41) is 3.42. The molecule has 106 valence electrons. The van der Waals surface area contributed by atoms with Crippen molar-refractivity contribution >= 4 is 0 Å². The topological polar surface area (TPSA) is 12.0 Å². The van der Waals surface area contributed by atoms with E-state index < -0.39 is 6.43 Å². The second-order valence-electron chi connectivity index (χ2n) is 4.80. The molecule has 0 saturated carbocycles. The van der Waals surface area contributed by atoms with Crippen molar-refractivity contribution in [1.29, 1.82) is 0 Å². The number of hydrogen-bond acceptors (Lipinski definition) is 1. The molecule has 2 aromatic rings. The summed E-state index contributed by atoms with van der Waals surface area (Å²) in [6.45, 7) is 2.70. The molecule has 1 N–H and O–H groups in total. The minimum Gasteiger partial charge on any atom is -0.306 e. The Morgan fingerprint density at radius 2 is 1.65 bits per heavy atom. The lowest BCUT2D eigenvalue weighted by molar-refractivity contribution is 0.151. The first-order valence-corrected chi connectivity index (χ1v) is 6.86. The molecule has 20 heavy (non-hydrogen) atoms. The van der Waals surface area contributed by atoms with Crippen molar-refractivity contribution in [1.82, 2.24) is 5.32 Å². The standard InChI is InChI=1S/C17H19F2N/c1-2-16(14-8-4-3-5-9-14)20-12-13-7-6-10-15(11-13)17(18)19/h3-11,16-17,20H,2,12H2,1H3. The van der Waals surface area contributed by atoms with Gasteiger partial charge < -0.3 is 5.32 Å². The van der Waals surface area contributed by atoms with Crippen molar-refractivity contribution < 1.29 is 8.78 Å². The Morgan fingerprint density at radius 1 is 0.950 bits per heavy atom. The lowest BCUT2D eigenvalue weighted by Crippen LogP contribution is -2.20. The normalized spacial score (nSPS) is 12.6. The number of halogens is 2. The van der Waals surface area contributed by atoms with Gasteiger partial charge in [-0.15, -0.1) is 0 Å². The highest BCUT2D eigenvalue weighted by Gasteiger charge is 2.10. The van der Waals surface area contributed by atoms with Crippen LogP contribution in [0.3, 0.4) is 0 Å². The maximum atomic E-state index is 12.7. The minimum absolute atomic E-state index is 0.0806. The van der Waals surface area contributed by atoms with Crippen LogP contribution < -0.4 is 5.32 Å². The van der Waals surface area contributed by atoms with E-state index in [2.05, 4.69) is 24.4 Å². The third-order valence-electron chi connectivity index (χ3n) is 3.37. The van der Waals surface area contributed by atoms with Crippen molar-refractivity contribution in [3.05, 3.63) is 71.3 Å². The summed E-state index contributed by atoms with van der Waals surface area (Å²) in [6, 6.07) is 17.0. The smallest absolute Gasteiger partial charge is 0.263 e. The fourth-order valence-electron chi connectivity index (χ4n) is 2.26. The largest absolute Gasteiger partial charge is 0.306 e. The molecule has 0 aliphatic heterocycles. The zero-order chi connectivity index (χ0) is 14.4. The van der Waals surface area contributed by atoms with E-state index >= 15 is 0 Å². The summed E-state index contributed by atoms with van der Waals surface area (Å²) in [4.78, 5) is 0. The molecule has 1 nitrogen and oxygen atoms in total. The van der Waals surface area contributed by atoms with Crippen LogP contribution in [0.25, 0.3) is 0 Å².